The number of hydrogen-bond donors (Lipinski definition) is 2. The first-order valence-corrected chi connectivity index (χ1v) is 15.0. The monoisotopic (exact) mass is 610 g/mol. The highest BCUT2D eigenvalue weighted by Gasteiger charge is 2.42. The largest absolute Gasteiger partial charge is 0.480 e. The summed E-state index contributed by atoms with van der Waals surface area (Å²) in [4.78, 5) is 50.0. The Balaban J connectivity index is 0.000000240. The van der Waals surface area contributed by atoms with Crippen LogP contribution in [0.2, 0.25) is 0 Å². The molecule has 4 rings (SSSR count). The van der Waals surface area contributed by atoms with E-state index < -0.39 is 47.4 Å². The van der Waals surface area contributed by atoms with Crippen LogP contribution >= 0.6 is 0 Å². The Labute approximate surface area is 259 Å². The molecule has 2 aliphatic rings. The SMILES string of the molecule is CC(C)(C)OC(=O)N1C[C@@H](Cc2ccccc2)C[C@H]1C(=O)O.CC(C)(C)OC(=O)N1C[C@H](Cc2ccccc2)C[C@@H]1C(=O)O. The van der Waals surface area contributed by atoms with Crippen LogP contribution in [0.1, 0.15) is 65.5 Å². The van der Waals surface area contributed by atoms with Crippen molar-refractivity contribution in [2.45, 2.75) is 90.5 Å². The molecule has 4 atom stereocenters. The molecule has 2 N–H and O–H groups in total. The number of hydrogen-bond acceptors (Lipinski definition) is 6. The Morgan fingerprint density at radius 2 is 0.955 bits per heavy atom. The number of nitrogens with zero attached hydrogens (tertiary/aromatic N) is 2. The van der Waals surface area contributed by atoms with Crippen LogP contribution in [-0.2, 0) is 31.9 Å². The van der Waals surface area contributed by atoms with Crippen molar-refractivity contribution < 1.29 is 38.9 Å². The smallest absolute Gasteiger partial charge is 0.411 e. The first-order valence-electron chi connectivity index (χ1n) is 15.0. The van der Waals surface area contributed by atoms with Gasteiger partial charge in [0.05, 0.1) is 0 Å². The summed E-state index contributed by atoms with van der Waals surface area (Å²) < 4.78 is 10.6. The molecule has 0 aromatic heterocycles. The number of benzene rings is 2. The number of carbonyl (C=O) groups excluding carboxylic acids is 2. The standard InChI is InChI=1S/2C17H23NO4/c2*1-17(2,3)22-16(21)18-11-13(10-14(18)15(19)20)9-12-7-5-4-6-8-12/h2*4-8,13-14H,9-11H2,1-3H3,(H,19,20)/t2*13-,14-/m10/s1. The minimum absolute atomic E-state index is 0.135. The number of ether oxygens (including phenoxy) is 2. The van der Waals surface area contributed by atoms with Gasteiger partial charge in [-0.3, -0.25) is 9.80 Å². The molecule has 2 fully saturated rings. The Kier molecular flexibility index (Phi) is 11.4. The minimum atomic E-state index is -0.971. The minimum Gasteiger partial charge on any atom is -0.480 e. The Morgan fingerprint density at radius 1 is 0.636 bits per heavy atom. The zero-order chi connectivity index (χ0) is 32.7. The molecule has 2 amide bonds. The predicted molar refractivity (Wildman–Crippen MR) is 165 cm³/mol. The van der Waals surface area contributed by atoms with Gasteiger partial charge in [-0.1, -0.05) is 60.7 Å². The van der Waals surface area contributed by atoms with Crippen LogP contribution in [0.4, 0.5) is 9.59 Å². The van der Waals surface area contributed by atoms with Crippen molar-refractivity contribution >= 4 is 24.1 Å². The van der Waals surface area contributed by atoms with Crippen molar-refractivity contribution in [2.24, 2.45) is 11.8 Å². The van der Waals surface area contributed by atoms with Gasteiger partial charge in [-0.05, 0) is 90.2 Å². The molecule has 10 nitrogen and oxygen atoms in total. The van der Waals surface area contributed by atoms with Gasteiger partial charge in [0.2, 0.25) is 0 Å². The molecule has 2 aliphatic heterocycles. The van der Waals surface area contributed by atoms with E-state index in [1.807, 2.05) is 60.7 Å². The summed E-state index contributed by atoms with van der Waals surface area (Å²) in [5.41, 5.74) is 1.06. The fourth-order valence-corrected chi connectivity index (χ4v) is 5.55. The highest BCUT2D eigenvalue weighted by atomic mass is 16.6. The number of aliphatic carboxylic acids is 2. The second-order valence-electron chi connectivity index (χ2n) is 13.6. The molecule has 0 unspecified atom stereocenters. The van der Waals surface area contributed by atoms with Crippen molar-refractivity contribution in [1.29, 1.82) is 0 Å². The second kappa shape index (κ2) is 14.6. The average Bonchev–Trinajstić information content (AvgIpc) is 3.54. The van der Waals surface area contributed by atoms with Crippen LogP contribution in [-0.4, -0.2) is 80.5 Å². The fraction of sp³-hybridized carbons (Fsp3) is 0.529. The van der Waals surface area contributed by atoms with Gasteiger partial charge in [-0.2, -0.15) is 0 Å². The van der Waals surface area contributed by atoms with Crippen LogP contribution < -0.4 is 0 Å². The molecule has 0 bridgehead atoms. The third-order valence-electron chi connectivity index (χ3n) is 7.34. The van der Waals surface area contributed by atoms with E-state index >= 15 is 0 Å². The number of likely N-dealkylation sites (tertiary alicyclic amines) is 2. The maximum absolute atomic E-state index is 12.2. The van der Waals surface area contributed by atoms with E-state index in [1.165, 1.54) is 9.80 Å². The summed E-state index contributed by atoms with van der Waals surface area (Å²) in [6.45, 7) is 11.5. The predicted octanol–water partition coefficient (Wildman–Crippen LogP) is 5.88. The highest BCUT2D eigenvalue weighted by Crippen LogP contribution is 2.29. The van der Waals surface area contributed by atoms with Crippen molar-refractivity contribution in [2.75, 3.05) is 13.1 Å². The van der Waals surface area contributed by atoms with Gasteiger partial charge < -0.3 is 19.7 Å². The number of carboxylic acids is 2. The van der Waals surface area contributed by atoms with Crippen LogP contribution in [0.25, 0.3) is 0 Å². The van der Waals surface area contributed by atoms with E-state index in [1.54, 1.807) is 41.5 Å². The van der Waals surface area contributed by atoms with Gasteiger partial charge >= 0.3 is 24.1 Å². The third-order valence-corrected chi connectivity index (χ3v) is 7.34. The summed E-state index contributed by atoms with van der Waals surface area (Å²) in [7, 11) is 0. The molecule has 0 saturated carbocycles. The Hall–Kier alpha value is -4.08. The molecular weight excluding hydrogens is 564 g/mol. The topological polar surface area (TPSA) is 134 Å². The van der Waals surface area contributed by atoms with E-state index in [0.717, 1.165) is 24.0 Å². The maximum Gasteiger partial charge on any atom is 0.411 e. The number of rotatable bonds is 6. The van der Waals surface area contributed by atoms with Crippen molar-refractivity contribution in [3.63, 3.8) is 0 Å². The van der Waals surface area contributed by atoms with Gasteiger partial charge in [-0.15, -0.1) is 0 Å². The molecule has 240 valence electrons. The third kappa shape index (κ3) is 10.6. The van der Waals surface area contributed by atoms with Gasteiger partial charge in [-0.25, -0.2) is 19.2 Å². The Morgan fingerprint density at radius 3 is 1.23 bits per heavy atom. The first kappa shape index (κ1) is 34.4. The maximum atomic E-state index is 12.2. The van der Waals surface area contributed by atoms with E-state index in [0.29, 0.717) is 25.9 Å². The van der Waals surface area contributed by atoms with E-state index in [4.69, 9.17) is 9.47 Å². The Bertz CT molecular complexity index is 1170. The van der Waals surface area contributed by atoms with E-state index in [9.17, 15) is 29.4 Å². The number of amides is 2. The highest BCUT2D eigenvalue weighted by molar-refractivity contribution is 5.81. The molecule has 44 heavy (non-hydrogen) atoms. The summed E-state index contributed by atoms with van der Waals surface area (Å²) in [6, 6.07) is 18.2. The molecule has 10 heteroatoms. The molecule has 0 radical (unpaired) electrons. The lowest BCUT2D eigenvalue weighted by Crippen LogP contribution is -2.43. The normalized spacial score (nSPS) is 21.7. The van der Waals surface area contributed by atoms with Gasteiger partial charge in [0.25, 0.3) is 0 Å². The van der Waals surface area contributed by atoms with Crippen LogP contribution in [0.15, 0.2) is 60.7 Å². The molecule has 2 aromatic carbocycles. The lowest BCUT2D eigenvalue weighted by atomic mass is 9.97. The summed E-state index contributed by atoms with van der Waals surface area (Å²) in [5.74, 6) is -1.67. The fourth-order valence-electron chi connectivity index (χ4n) is 5.55. The van der Waals surface area contributed by atoms with Crippen LogP contribution in [0, 0.1) is 11.8 Å². The van der Waals surface area contributed by atoms with E-state index in [2.05, 4.69) is 0 Å². The van der Waals surface area contributed by atoms with Crippen LogP contribution in [0.5, 0.6) is 0 Å². The summed E-state index contributed by atoms with van der Waals surface area (Å²) >= 11 is 0. The summed E-state index contributed by atoms with van der Waals surface area (Å²) in [6.07, 6.45) is 1.37. The summed E-state index contributed by atoms with van der Waals surface area (Å²) in [5, 5.41) is 18.7. The zero-order valence-electron chi connectivity index (χ0n) is 26.6. The molecular formula is C34H46N2O8. The quantitative estimate of drug-likeness (QED) is 0.414. The molecule has 0 spiro atoms. The van der Waals surface area contributed by atoms with Gasteiger partial charge in [0.15, 0.2) is 0 Å². The van der Waals surface area contributed by atoms with Crippen molar-refractivity contribution in [3.8, 4) is 0 Å². The van der Waals surface area contributed by atoms with Crippen molar-refractivity contribution in [3.05, 3.63) is 71.8 Å². The lowest BCUT2D eigenvalue weighted by molar-refractivity contribution is -0.142. The lowest BCUT2D eigenvalue weighted by Gasteiger charge is -2.26. The first-order chi connectivity index (χ1) is 20.5. The van der Waals surface area contributed by atoms with Crippen LogP contribution in [0.3, 0.4) is 0 Å². The number of carboxylic acid groups (broad SMARTS) is 2. The molecule has 0 aliphatic carbocycles. The zero-order valence-corrected chi connectivity index (χ0v) is 26.6. The second-order valence-corrected chi connectivity index (χ2v) is 13.6. The molecule has 2 saturated heterocycles. The average molecular weight is 611 g/mol. The van der Waals surface area contributed by atoms with Crippen molar-refractivity contribution in [1.82, 2.24) is 9.80 Å². The molecule has 2 heterocycles. The van der Waals surface area contributed by atoms with Gasteiger partial charge in [0, 0.05) is 13.1 Å². The molecule has 2 aromatic rings. The van der Waals surface area contributed by atoms with Gasteiger partial charge in [0.1, 0.15) is 23.3 Å². The number of carbonyl (C=O) groups is 4. The van der Waals surface area contributed by atoms with E-state index in [-0.39, 0.29) is 11.8 Å².